The molecular formula is C19H23FN4O4. The van der Waals surface area contributed by atoms with Crippen molar-refractivity contribution in [1.29, 1.82) is 0 Å². The number of carboxylic acid groups (broad SMARTS) is 1. The van der Waals surface area contributed by atoms with Gasteiger partial charge in [0.25, 0.3) is 5.91 Å². The number of nitrogens with one attached hydrogen (secondary N) is 1. The van der Waals surface area contributed by atoms with Crippen LogP contribution in [0.25, 0.3) is 5.69 Å². The summed E-state index contributed by atoms with van der Waals surface area (Å²) in [5.74, 6) is -1.02. The molecule has 0 spiro atoms. The number of halogens is 1. The van der Waals surface area contributed by atoms with Crippen molar-refractivity contribution in [2.24, 2.45) is 0 Å². The highest BCUT2D eigenvalue weighted by Crippen LogP contribution is 2.25. The molecule has 0 saturated heterocycles. The first kappa shape index (κ1) is 19.8. The first-order chi connectivity index (χ1) is 13.6. The largest absolute Gasteiger partial charge is 0.491 e. The quantitative estimate of drug-likeness (QED) is 0.572. The van der Waals surface area contributed by atoms with Crippen LogP contribution in [0.1, 0.15) is 59.4 Å². The third-order valence-corrected chi connectivity index (χ3v) is 4.38. The van der Waals surface area contributed by atoms with Gasteiger partial charge in [-0.2, -0.15) is 0 Å². The van der Waals surface area contributed by atoms with Crippen LogP contribution in [0.5, 0.6) is 5.75 Å². The van der Waals surface area contributed by atoms with Gasteiger partial charge in [0.15, 0.2) is 5.69 Å². The maximum absolute atomic E-state index is 12.1. The van der Waals surface area contributed by atoms with Crippen LogP contribution < -0.4 is 10.1 Å². The fraction of sp³-hybridized carbons (Fsp3) is 0.474. The number of aromatic nitrogens is 3. The van der Waals surface area contributed by atoms with Crippen molar-refractivity contribution in [2.75, 3.05) is 13.3 Å². The fourth-order valence-corrected chi connectivity index (χ4v) is 2.66. The number of carbonyl (C=O) groups is 2. The zero-order valence-corrected chi connectivity index (χ0v) is 15.4. The van der Waals surface area contributed by atoms with Crippen LogP contribution in [0.4, 0.5) is 4.39 Å². The number of alkyl halides is 1. The molecule has 0 aliphatic heterocycles. The summed E-state index contributed by atoms with van der Waals surface area (Å²) < 4.78 is 19.3. The molecule has 1 fully saturated rings. The number of aromatic carboxylic acids is 1. The molecule has 1 aromatic carbocycles. The Hall–Kier alpha value is -2.97. The lowest BCUT2D eigenvalue weighted by Gasteiger charge is -2.12. The van der Waals surface area contributed by atoms with Crippen LogP contribution in [0.3, 0.4) is 0 Å². The second-order valence-electron chi connectivity index (χ2n) is 6.74. The van der Waals surface area contributed by atoms with Gasteiger partial charge in [-0.25, -0.2) is 9.48 Å². The summed E-state index contributed by atoms with van der Waals surface area (Å²) in [4.78, 5) is 23.4. The average molecular weight is 390 g/mol. The maximum Gasteiger partial charge on any atom is 0.335 e. The smallest absolute Gasteiger partial charge is 0.335 e. The first-order valence-corrected chi connectivity index (χ1v) is 9.38. The lowest BCUT2D eigenvalue weighted by Crippen LogP contribution is -2.25. The van der Waals surface area contributed by atoms with E-state index in [1.165, 1.54) is 23.0 Å². The van der Waals surface area contributed by atoms with Crippen LogP contribution in [0.2, 0.25) is 0 Å². The Morgan fingerprint density at radius 1 is 1.25 bits per heavy atom. The lowest BCUT2D eigenvalue weighted by molar-refractivity contribution is 0.0696. The summed E-state index contributed by atoms with van der Waals surface area (Å²) in [5, 5.41) is 19.9. The van der Waals surface area contributed by atoms with E-state index in [0.29, 0.717) is 24.5 Å². The van der Waals surface area contributed by atoms with Gasteiger partial charge in [0.2, 0.25) is 0 Å². The first-order valence-electron chi connectivity index (χ1n) is 9.38. The number of hydrogen-bond acceptors (Lipinski definition) is 5. The zero-order valence-electron chi connectivity index (χ0n) is 15.4. The van der Waals surface area contributed by atoms with Gasteiger partial charge in [-0.1, -0.05) is 11.6 Å². The third-order valence-electron chi connectivity index (χ3n) is 4.38. The second-order valence-corrected chi connectivity index (χ2v) is 6.74. The number of carboxylic acids is 1. The molecule has 0 radical (unpaired) electrons. The molecule has 150 valence electrons. The van der Waals surface area contributed by atoms with Gasteiger partial charge in [-0.15, -0.1) is 5.10 Å². The predicted molar refractivity (Wildman–Crippen MR) is 98.7 cm³/mol. The highest BCUT2D eigenvalue weighted by molar-refractivity contribution is 5.92. The minimum absolute atomic E-state index is 0.0861. The van der Waals surface area contributed by atoms with Gasteiger partial charge < -0.3 is 15.2 Å². The number of hydrogen-bond donors (Lipinski definition) is 2. The van der Waals surface area contributed by atoms with Crippen LogP contribution in [-0.2, 0) is 0 Å². The second kappa shape index (κ2) is 9.29. The molecule has 1 amide bonds. The standard InChI is InChI=1S/C19H23FN4O4/c20-9-3-1-2-4-10-28-17-11-13(19(26)27)5-8-16(17)24-12-15(22-23-24)18(25)21-14-6-7-14/h5,8,11-12,14H,1-4,6-7,9-10H2,(H,21,25)(H,26,27). The molecule has 8 nitrogen and oxygen atoms in total. The molecule has 0 unspecified atom stereocenters. The van der Waals surface area contributed by atoms with Crippen LogP contribution in [-0.4, -0.2) is 51.3 Å². The van der Waals surface area contributed by atoms with E-state index < -0.39 is 5.97 Å². The highest BCUT2D eigenvalue weighted by atomic mass is 19.1. The minimum atomic E-state index is -1.07. The Morgan fingerprint density at radius 2 is 2.04 bits per heavy atom. The Labute approximate surface area is 161 Å². The normalized spacial score (nSPS) is 13.3. The molecule has 3 rings (SSSR count). The molecule has 1 heterocycles. The highest BCUT2D eigenvalue weighted by Gasteiger charge is 2.25. The summed E-state index contributed by atoms with van der Waals surface area (Å²) in [6.45, 7) is 0.0424. The van der Waals surface area contributed by atoms with Gasteiger partial charge in [0, 0.05) is 6.04 Å². The summed E-state index contributed by atoms with van der Waals surface area (Å²) in [6, 6.07) is 4.64. The molecule has 1 saturated carbocycles. The Bertz CT molecular complexity index is 835. The predicted octanol–water partition coefficient (Wildman–Crippen LogP) is 2.77. The average Bonchev–Trinajstić information content (AvgIpc) is 3.36. The molecule has 1 aliphatic carbocycles. The molecule has 1 aromatic heterocycles. The minimum Gasteiger partial charge on any atom is -0.491 e. The Balaban J connectivity index is 1.72. The maximum atomic E-state index is 12.1. The molecule has 1 aliphatic rings. The molecule has 9 heteroatoms. The van der Waals surface area contributed by atoms with Crippen LogP contribution >= 0.6 is 0 Å². The van der Waals surface area contributed by atoms with Crippen LogP contribution in [0, 0.1) is 0 Å². The molecule has 2 N–H and O–H groups in total. The van der Waals surface area contributed by atoms with Gasteiger partial charge in [-0.3, -0.25) is 9.18 Å². The zero-order chi connectivity index (χ0) is 19.9. The summed E-state index contributed by atoms with van der Waals surface area (Å²) in [7, 11) is 0. The van der Waals surface area contributed by atoms with Gasteiger partial charge in [-0.05, 0) is 50.3 Å². The topological polar surface area (TPSA) is 106 Å². The van der Waals surface area contributed by atoms with E-state index in [1.807, 2.05) is 0 Å². The summed E-state index contributed by atoms with van der Waals surface area (Å²) >= 11 is 0. The van der Waals surface area contributed by atoms with E-state index in [4.69, 9.17) is 4.74 Å². The number of carbonyl (C=O) groups excluding carboxylic acids is 1. The van der Waals surface area contributed by atoms with Crippen molar-refractivity contribution < 1.29 is 23.8 Å². The fourth-order valence-electron chi connectivity index (χ4n) is 2.66. The van der Waals surface area contributed by atoms with Gasteiger partial charge >= 0.3 is 5.97 Å². The number of unbranched alkanes of at least 4 members (excludes halogenated alkanes) is 3. The SMILES string of the molecule is O=C(O)c1ccc(-n2cc(C(=O)NC3CC3)nn2)c(OCCCCCCF)c1. The summed E-state index contributed by atoms with van der Waals surface area (Å²) in [5.41, 5.74) is 0.765. The van der Waals surface area contributed by atoms with Crippen molar-refractivity contribution in [3.05, 3.63) is 35.7 Å². The van der Waals surface area contributed by atoms with Crippen molar-refractivity contribution >= 4 is 11.9 Å². The molecule has 0 atom stereocenters. The van der Waals surface area contributed by atoms with E-state index in [9.17, 15) is 19.1 Å². The van der Waals surface area contributed by atoms with Crippen molar-refractivity contribution in [3.8, 4) is 11.4 Å². The van der Waals surface area contributed by atoms with Crippen LogP contribution in [0.15, 0.2) is 24.4 Å². The number of rotatable bonds is 11. The number of amides is 1. The van der Waals surface area contributed by atoms with Gasteiger partial charge in [0.05, 0.1) is 25.0 Å². The molecule has 28 heavy (non-hydrogen) atoms. The van der Waals surface area contributed by atoms with Crippen molar-refractivity contribution in [2.45, 2.75) is 44.6 Å². The monoisotopic (exact) mass is 390 g/mol. The third kappa shape index (κ3) is 5.28. The van der Waals surface area contributed by atoms with Crippen molar-refractivity contribution in [3.63, 3.8) is 0 Å². The lowest BCUT2D eigenvalue weighted by atomic mass is 10.2. The molecule has 0 bridgehead atoms. The number of nitrogens with zero attached hydrogens (tertiary/aromatic N) is 3. The molecule has 2 aromatic rings. The summed E-state index contributed by atoms with van der Waals surface area (Å²) in [6.07, 6.45) is 6.30. The van der Waals surface area contributed by atoms with E-state index in [1.54, 1.807) is 6.07 Å². The molecular weight excluding hydrogens is 367 g/mol. The van der Waals surface area contributed by atoms with Crippen molar-refractivity contribution in [1.82, 2.24) is 20.3 Å². The Morgan fingerprint density at radius 3 is 2.75 bits per heavy atom. The van der Waals surface area contributed by atoms with Gasteiger partial charge in [0.1, 0.15) is 11.4 Å². The number of benzene rings is 1. The van der Waals surface area contributed by atoms with E-state index >= 15 is 0 Å². The van der Waals surface area contributed by atoms with E-state index in [0.717, 1.165) is 32.1 Å². The number of ether oxygens (including phenoxy) is 1. The Kier molecular flexibility index (Phi) is 6.57. The van der Waals surface area contributed by atoms with E-state index in [-0.39, 0.29) is 29.9 Å². The van der Waals surface area contributed by atoms with E-state index in [2.05, 4.69) is 15.6 Å².